The summed E-state index contributed by atoms with van der Waals surface area (Å²) in [6, 6.07) is 2.81. The third-order valence-electron chi connectivity index (χ3n) is 9.48. The van der Waals surface area contributed by atoms with Crippen molar-refractivity contribution in [3.63, 3.8) is 0 Å². The van der Waals surface area contributed by atoms with Crippen LogP contribution < -0.4 is 24.3 Å². The van der Waals surface area contributed by atoms with Crippen molar-refractivity contribution in [3.8, 4) is 34.8 Å². The third-order valence-corrected chi connectivity index (χ3v) is 9.48. The van der Waals surface area contributed by atoms with Crippen LogP contribution in [0.15, 0.2) is 6.07 Å². The fourth-order valence-electron chi connectivity index (χ4n) is 7.84. The van der Waals surface area contributed by atoms with Gasteiger partial charge < -0.3 is 29.4 Å². The number of aromatic hydroxyl groups is 1. The number of hydrogen-bond donors (Lipinski definition) is 2. The van der Waals surface area contributed by atoms with Crippen molar-refractivity contribution < 1.29 is 33.6 Å². The summed E-state index contributed by atoms with van der Waals surface area (Å²) in [5, 5.41) is 25.4. The smallest absolute Gasteiger partial charge is 0.308 e. The first-order valence-corrected chi connectivity index (χ1v) is 14.8. The number of amides is 1. The number of rotatable bonds is 6. The number of ether oxygens (including phenoxy) is 4. The molecule has 2 aromatic rings. The molecule has 11 heteroatoms. The zero-order valence-electron chi connectivity index (χ0n) is 25.4. The second-order valence-electron chi connectivity index (χ2n) is 11.9. The van der Waals surface area contributed by atoms with Crippen LogP contribution in [0, 0.1) is 25.2 Å². The lowest BCUT2D eigenvalue weighted by atomic mass is 9.71. The largest absolute Gasteiger partial charge is 0.504 e. The molecule has 228 valence electrons. The Morgan fingerprint density at radius 1 is 1.16 bits per heavy atom. The van der Waals surface area contributed by atoms with Crippen molar-refractivity contribution in [3.05, 3.63) is 39.4 Å². The van der Waals surface area contributed by atoms with Crippen LogP contribution in [0.5, 0.6) is 28.7 Å². The highest BCUT2D eigenvalue weighted by molar-refractivity contribution is 5.76. The quantitative estimate of drug-likeness (QED) is 0.381. The van der Waals surface area contributed by atoms with Gasteiger partial charge in [0.05, 0.1) is 25.3 Å². The molecule has 43 heavy (non-hydrogen) atoms. The fraction of sp³-hybridized carbons (Fsp3) is 0.531. The number of piperazine rings is 1. The summed E-state index contributed by atoms with van der Waals surface area (Å²) in [6.45, 7) is 7.29. The Labute approximate surface area is 251 Å². The van der Waals surface area contributed by atoms with Crippen LogP contribution in [0.1, 0.15) is 72.2 Å². The minimum atomic E-state index is -0.540. The molecule has 1 unspecified atom stereocenters. The summed E-state index contributed by atoms with van der Waals surface area (Å²) in [5.74, 6) is 1.45. The fourth-order valence-corrected chi connectivity index (χ4v) is 7.84. The number of carbonyl (C=O) groups excluding carboxylic acids is 2. The average molecular weight is 591 g/mol. The van der Waals surface area contributed by atoms with Gasteiger partial charge in [0.1, 0.15) is 11.8 Å². The Hall–Kier alpha value is -4.01. The van der Waals surface area contributed by atoms with Gasteiger partial charge in [-0.2, -0.15) is 5.26 Å². The number of fused-ring (bicyclic) bond motifs is 9. The zero-order valence-corrected chi connectivity index (χ0v) is 25.4. The van der Waals surface area contributed by atoms with Crippen molar-refractivity contribution in [1.29, 1.82) is 5.26 Å². The predicted octanol–water partition coefficient (Wildman–Crippen LogP) is 3.36. The molecule has 2 aromatic carbocycles. The third kappa shape index (κ3) is 4.38. The predicted molar refractivity (Wildman–Crippen MR) is 155 cm³/mol. The topological polar surface area (TPSA) is 134 Å². The number of phenols is 1. The first kappa shape index (κ1) is 29.1. The van der Waals surface area contributed by atoms with Crippen LogP contribution in [0.3, 0.4) is 0 Å². The van der Waals surface area contributed by atoms with Crippen molar-refractivity contribution in [2.75, 3.05) is 27.5 Å². The van der Waals surface area contributed by atoms with E-state index in [-0.39, 0.29) is 43.1 Å². The molecule has 6 rings (SSSR count). The molecule has 2 bridgehead atoms. The number of nitriles is 1. The molecular formula is C32H38N4O7. The normalized spacial score (nSPS) is 25.2. The van der Waals surface area contributed by atoms with Gasteiger partial charge in [0.2, 0.25) is 12.7 Å². The van der Waals surface area contributed by atoms with Gasteiger partial charge in [-0.15, -0.1) is 0 Å². The van der Waals surface area contributed by atoms with Crippen LogP contribution in [0.25, 0.3) is 0 Å². The monoisotopic (exact) mass is 590 g/mol. The number of aryl methyl sites for hydroxylation is 1. The number of nitrogens with zero attached hydrogens (tertiary/aromatic N) is 3. The Bertz CT molecular complexity index is 1550. The molecule has 5 atom stereocenters. The van der Waals surface area contributed by atoms with Crippen LogP contribution >= 0.6 is 0 Å². The van der Waals surface area contributed by atoms with E-state index in [1.54, 1.807) is 7.11 Å². The molecule has 2 N–H and O–H groups in total. The number of carbonyl (C=O) groups is 2. The standard InChI is InChI=1S/C32H38N4O7/c1-7-8-24(38)34-13-23-26-19(30(43-17(4)37)16(3)31-32(26)42-14-41-31)11-21-27-25-18(9-15(2)29(40-6)28(25)39)10-20(35(27)5)22(12-33)36(21)23/h9,20-23,27,39H,7-8,10-11,13-14H2,1-6H3,(H,34,38)/t20-,21?,22-,23-,27-/m0/s1. The van der Waals surface area contributed by atoms with Gasteiger partial charge in [-0.1, -0.05) is 13.0 Å². The minimum Gasteiger partial charge on any atom is -0.504 e. The molecule has 1 saturated heterocycles. The molecule has 0 aromatic heterocycles. The highest BCUT2D eigenvalue weighted by Gasteiger charge is 2.56. The Morgan fingerprint density at radius 2 is 1.91 bits per heavy atom. The molecule has 4 aliphatic rings. The lowest BCUT2D eigenvalue weighted by Gasteiger charge is -2.60. The molecule has 4 heterocycles. The molecule has 1 fully saturated rings. The second kappa shape index (κ2) is 10.9. The highest BCUT2D eigenvalue weighted by atomic mass is 16.7. The van der Waals surface area contributed by atoms with Gasteiger partial charge >= 0.3 is 5.97 Å². The number of esters is 1. The summed E-state index contributed by atoms with van der Waals surface area (Å²) < 4.78 is 23.4. The molecule has 0 saturated carbocycles. The summed E-state index contributed by atoms with van der Waals surface area (Å²) in [4.78, 5) is 29.5. The van der Waals surface area contributed by atoms with Crippen molar-refractivity contribution in [2.24, 2.45) is 0 Å². The van der Waals surface area contributed by atoms with Gasteiger partial charge in [0.25, 0.3) is 0 Å². The average Bonchev–Trinajstić information content (AvgIpc) is 3.45. The number of likely N-dealkylation sites (N-methyl/N-ethyl adjacent to an activating group) is 1. The van der Waals surface area contributed by atoms with E-state index in [2.05, 4.69) is 27.3 Å². The Kier molecular flexibility index (Phi) is 7.39. The summed E-state index contributed by atoms with van der Waals surface area (Å²) in [7, 11) is 3.54. The first-order valence-electron chi connectivity index (χ1n) is 14.8. The van der Waals surface area contributed by atoms with E-state index in [1.807, 2.05) is 27.8 Å². The van der Waals surface area contributed by atoms with Gasteiger partial charge in [-0.25, -0.2) is 0 Å². The lowest BCUT2D eigenvalue weighted by molar-refractivity contribution is -0.132. The molecule has 0 spiro atoms. The number of phenolic OH excluding ortho intramolecular Hbond substituents is 1. The number of hydrogen-bond acceptors (Lipinski definition) is 10. The minimum absolute atomic E-state index is 0.0144. The Morgan fingerprint density at radius 3 is 2.58 bits per heavy atom. The maximum absolute atomic E-state index is 12.8. The van der Waals surface area contributed by atoms with E-state index in [0.717, 1.165) is 27.8 Å². The van der Waals surface area contributed by atoms with Gasteiger partial charge in [0, 0.05) is 54.2 Å². The van der Waals surface area contributed by atoms with Crippen LogP contribution in [-0.2, 0) is 22.4 Å². The van der Waals surface area contributed by atoms with Gasteiger partial charge in [-0.05, 0) is 51.3 Å². The molecular weight excluding hydrogens is 552 g/mol. The summed E-state index contributed by atoms with van der Waals surface area (Å²) >= 11 is 0. The highest BCUT2D eigenvalue weighted by Crippen LogP contribution is 2.58. The number of nitrogens with one attached hydrogen (secondary N) is 1. The maximum atomic E-state index is 12.8. The first-order chi connectivity index (χ1) is 20.6. The number of benzene rings is 2. The van der Waals surface area contributed by atoms with E-state index in [9.17, 15) is 20.0 Å². The van der Waals surface area contributed by atoms with E-state index < -0.39 is 18.1 Å². The summed E-state index contributed by atoms with van der Waals surface area (Å²) in [5.41, 5.74) is 4.80. The van der Waals surface area contributed by atoms with Gasteiger partial charge in [-0.3, -0.25) is 19.4 Å². The van der Waals surface area contributed by atoms with Crippen LogP contribution in [-0.4, -0.2) is 72.4 Å². The Balaban J connectivity index is 1.60. The van der Waals surface area contributed by atoms with Crippen molar-refractivity contribution >= 4 is 11.9 Å². The van der Waals surface area contributed by atoms with E-state index in [4.69, 9.17) is 18.9 Å². The van der Waals surface area contributed by atoms with Gasteiger partial charge in [0.15, 0.2) is 23.0 Å². The second-order valence-corrected chi connectivity index (χ2v) is 11.9. The number of methoxy groups -OCH3 is 1. The lowest BCUT2D eigenvalue weighted by Crippen LogP contribution is -2.68. The van der Waals surface area contributed by atoms with Crippen LogP contribution in [0.4, 0.5) is 0 Å². The molecule has 0 aliphatic carbocycles. The zero-order chi connectivity index (χ0) is 30.7. The van der Waals surface area contributed by atoms with E-state index in [1.165, 1.54) is 6.92 Å². The molecule has 4 aliphatic heterocycles. The maximum Gasteiger partial charge on any atom is 0.308 e. The van der Waals surface area contributed by atoms with Crippen LogP contribution in [0.2, 0.25) is 0 Å². The van der Waals surface area contributed by atoms with Crippen molar-refractivity contribution in [1.82, 2.24) is 15.1 Å². The SMILES string of the molecule is CCCC(=O)NC[C@H]1c2c(c(OC(C)=O)c(C)c3c2OCO3)CC2[C@H]3c4c(cc(C)c(OC)c4O)C[C@@H]([C@H](C#N)N21)N3C. The molecule has 11 nitrogen and oxygen atoms in total. The summed E-state index contributed by atoms with van der Waals surface area (Å²) in [6.07, 6.45) is 2.05. The van der Waals surface area contributed by atoms with Crippen molar-refractivity contribution in [2.45, 2.75) is 83.6 Å². The molecule has 0 radical (unpaired) electrons. The molecule has 1 amide bonds. The van der Waals surface area contributed by atoms with E-state index in [0.29, 0.717) is 54.2 Å². The van der Waals surface area contributed by atoms with E-state index >= 15 is 0 Å².